The van der Waals surface area contributed by atoms with E-state index in [9.17, 15) is 0 Å². The molecule has 0 saturated carbocycles. The number of terminal acetylenes is 1. The SMILES string of the molecule is C#Cc1ccc2cc3cc4cc5ccccc5cc4cc3cc2c1[SiH](C(C)C)C(C)C. The first kappa shape index (κ1) is 19.9. The van der Waals surface area contributed by atoms with E-state index < -0.39 is 8.80 Å². The first-order valence-electron chi connectivity index (χ1n) is 11.3. The maximum atomic E-state index is 5.99. The summed E-state index contributed by atoms with van der Waals surface area (Å²) in [5.74, 6) is 3.01. The molecule has 0 unspecified atom stereocenters. The maximum Gasteiger partial charge on any atom is 0.0783 e. The lowest BCUT2D eigenvalue weighted by atomic mass is 9.97. The van der Waals surface area contributed by atoms with E-state index in [4.69, 9.17) is 6.42 Å². The normalized spacial score (nSPS) is 12.1. The number of fused-ring (bicyclic) bond motifs is 4. The van der Waals surface area contributed by atoms with Gasteiger partial charge >= 0.3 is 0 Å². The summed E-state index contributed by atoms with van der Waals surface area (Å²) in [7, 11) is -1.25. The molecular formula is C30H28Si. The van der Waals surface area contributed by atoms with E-state index in [1.54, 1.807) is 0 Å². The molecule has 0 N–H and O–H groups in total. The molecule has 0 aliphatic heterocycles. The molecule has 0 aromatic heterocycles. The van der Waals surface area contributed by atoms with Crippen molar-refractivity contribution in [2.24, 2.45) is 0 Å². The van der Waals surface area contributed by atoms with E-state index in [1.165, 1.54) is 48.3 Å². The molecule has 0 nitrogen and oxygen atoms in total. The van der Waals surface area contributed by atoms with Crippen LogP contribution in [0.5, 0.6) is 0 Å². The van der Waals surface area contributed by atoms with Crippen LogP contribution < -0.4 is 5.19 Å². The number of benzene rings is 5. The lowest BCUT2D eigenvalue weighted by molar-refractivity contribution is 0.952. The van der Waals surface area contributed by atoms with Gasteiger partial charge in [-0.05, 0) is 102 Å². The van der Waals surface area contributed by atoms with E-state index >= 15 is 0 Å². The predicted octanol–water partition coefficient (Wildman–Crippen LogP) is 7.53. The van der Waals surface area contributed by atoms with E-state index in [-0.39, 0.29) is 0 Å². The second kappa shape index (κ2) is 7.56. The van der Waals surface area contributed by atoms with Gasteiger partial charge in [0.05, 0.1) is 8.80 Å². The summed E-state index contributed by atoms with van der Waals surface area (Å²) in [5, 5.41) is 11.9. The predicted molar refractivity (Wildman–Crippen MR) is 141 cm³/mol. The van der Waals surface area contributed by atoms with Crippen LogP contribution in [0.4, 0.5) is 0 Å². The minimum Gasteiger partial charge on any atom is -0.115 e. The number of rotatable bonds is 3. The summed E-state index contributed by atoms with van der Waals surface area (Å²) in [5.41, 5.74) is 2.42. The Kier molecular flexibility index (Phi) is 4.84. The second-order valence-electron chi connectivity index (χ2n) is 9.50. The zero-order chi connectivity index (χ0) is 21.7. The molecule has 5 rings (SSSR count). The Morgan fingerprint density at radius 3 is 1.61 bits per heavy atom. The standard InChI is InChI=1S/C30H28Si/c1-6-21-11-12-24-15-27-16-25-13-22-9-7-8-10-23(22)14-26(25)17-28(27)18-29(24)30(21)31(19(2)3)20(4)5/h1,7-20,31H,2-5H3. The van der Waals surface area contributed by atoms with Crippen molar-refractivity contribution in [3.05, 3.63) is 78.4 Å². The van der Waals surface area contributed by atoms with Crippen LogP contribution >= 0.6 is 0 Å². The highest BCUT2D eigenvalue weighted by molar-refractivity contribution is 6.78. The van der Waals surface area contributed by atoms with Crippen LogP contribution in [-0.4, -0.2) is 8.80 Å². The Morgan fingerprint density at radius 2 is 1.10 bits per heavy atom. The topological polar surface area (TPSA) is 0 Å². The highest BCUT2D eigenvalue weighted by Crippen LogP contribution is 2.32. The molecule has 0 saturated heterocycles. The lowest BCUT2D eigenvalue weighted by Gasteiger charge is -2.26. The molecular weight excluding hydrogens is 388 g/mol. The van der Waals surface area contributed by atoms with Gasteiger partial charge in [0.2, 0.25) is 0 Å². The Balaban J connectivity index is 1.85. The van der Waals surface area contributed by atoms with Crippen LogP contribution in [0, 0.1) is 12.3 Å². The Morgan fingerprint density at radius 1 is 0.613 bits per heavy atom. The summed E-state index contributed by atoms with van der Waals surface area (Å²) in [6, 6.07) is 27.1. The minimum atomic E-state index is -1.25. The van der Waals surface area contributed by atoms with Gasteiger partial charge in [-0.2, -0.15) is 0 Å². The zero-order valence-electron chi connectivity index (χ0n) is 18.7. The average Bonchev–Trinajstić information content (AvgIpc) is 2.74. The lowest BCUT2D eigenvalue weighted by Crippen LogP contribution is -2.38. The molecule has 0 bridgehead atoms. The van der Waals surface area contributed by atoms with Gasteiger partial charge in [0.1, 0.15) is 0 Å². The number of hydrogen-bond donors (Lipinski definition) is 0. The van der Waals surface area contributed by atoms with Crippen molar-refractivity contribution in [1.82, 2.24) is 0 Å². The first-order valence-corrected chi connectivity index (χ1v) is 13.2. The Bertz CT molecular complexity index is 1490. The van der Waals surface area contributed by atoms with E-state index in [1.807, 2.05) is 0 Å². The molecule has 1 heteroatoms. The third-order valence-electron chi connectivity index (χ3n) is 6.76. The molecule has 152 valence electrons. The molecule has 0 radical (unpaired) electrons. The minimum absolute atomic E-state index is 0.663. The monoisotopic (exact) mass is 416 g/mol. The van der Waals surface area contributed by atoms with Crippen molar-refractivity contribution in [1.29, 1.82) is 0 Å². The quantitative estimate of drug-likeness (QED) is 0.162. The van der Waals surface area contributed by atoms with Crippen molar-refractivity contribution in [2.75, 3.05) is 0 Å². The summed E-state index contributed by atoms with van der Waals surface area (Å²) < 4.78 is 0. The maximum absolute atomic E-state index is 5.99. The van der Waals surface area contributed by atoms with E-state index in [0.717, 1.165) is 5.56 Å². The summed E-state index contributed by atoms with van der Waals surface area (Å²) in [6.45, 7) is 9.48. The van der Waals surface area contributed by atoms with Gasteiger partial charge in [-0.15, -0.1) is 6.42 Å². The highest BCUT2D eigenvalue weighted by atomic mass is 28.3. The van der Waals surface area contributed by atoms with E-state index in [0.29, 0.717) is 11.1 Å². The van der Waals surface area contributed by atoms with Crippen molar-refractivity contribution >= 4 is 57.1 Å². The Labute approximate surface area is 186 Å². The fourth-order valence-electron chi connectivity index (χ4n) is 5.46. The fourth-order valence-corrected chi connectivity index (χ4v) is 9.48. The van der Waals surface area contributed by atoms with Crippen molar-refractivity contribution in [3.63, 3.8) is 0 Å². The second-order valence-corrected chi connectivity index (χ2v) is 13.8. The van der Waals surface area contributed by atoms with Crippen LogP contribution in [0.25, 0.3) is 43.1 Å². The van der Waals surface area contributed by atoms with Gasteiger partial charge in [-0.3, -0.25) is 0 Å². The molecule has 0 aliphatic rings. The zero-order valence-corrected chi connectivity index (χ0v) is 19.9. The van der Waals surface area contributed by atoms with Crippen molar-refractivity contribution in [3.8, 4) is 12.3 Å². The van der Waals surface area contributed by atoms with Crippen molar-refractivity contribution < 1.29 is 0 Å². The largest absolute Gasteiger partial charge is 0.115 e. The molecule has 5 aromatic rings. The third-order valence-corrected chi connectivity index (χ3v) is 10.9. The third kappa shape index (κ3) is 3.32. The molecule has 31 heavy (non-hydrogen) atoms. The molecule has 0 aliphatic carbocycles. The summed E-state index contributed by atoms with van der Waals surface area (Å²) in [4.78, 5) is 0. The van der Waals surface area contributed by atoms with Gasteiger partial charge < -0.3 is 0 Å². The van der Waals surface area contributed by atoms with Gasteiger partial charge in [0, 0.05) is 5.56 Å². The fraction of sp³-hybridized carbons (Fsp3) is 0.200. The van der Waals surface area contributed by atoms with Gasteiger partial charge in [0.25, 0.3) is 0 Å². The molecule has 0 fully saturated rings. The first-order chi connectivity index (χ1) is 15.0. The van der Waals surface area contributed by atoms with Crippen LogP contribution in [0.2, 0.25) is 11.1 Å². The summed E-state index contributed by atoms with van der Waals surface area (Å²) >= 11 is 0. The van der Waals surface area contributed by atoms with Gasteiger partial charge in [-0.1, -0.05) is 63.9 Å². The molecule has 0 amide bonds. The van der Waals surface area contributed by atoms with Crippen LogP contribution in [0.3, 0.4) is 0 Å². The smallest absolute Gasteiger partial charge is 0.0783 e. The molecule has 0 heterocycles. The van der Waals surface area contributed by atoms with Gasteiger partial charge in [-0.25, -0.2) is 0 Å². The van der Waals surface area contributed by atoms with Crippen molar-refractivity contribution in [2.45, 2.75) is 38.8 Å². The molecule has 0 spiro atoms. The van der Waals surface area contributed by atoms with E-state index in [2.05, 4.69) is 106 Å². The molecule has 5 aromatic carbocycles. The number of hydrogen-bond acceptors (Lipinski definition) is 0. The van der Waals surface area contributed by atoms with Gasteiger partial charge in [0.15, 0.2) is 0 Å². The Hall–Kier alpha value is -3.08. The summed E-state index contributed by atoms with van der Waals surface area (Å²) in [6.07, 6.45) is 5.99. The highest BCUT2D eigenvalue weighted by Gasteiger charge is 2.26. The average molecular weight is 417 g/mol. The van der Waals surface area contributed by atoms with Crippen LogP contribution in [0.1, 0.15) is 33.3 Å². The van der Waals surface area contributed by atoms with Crippen LogP contribution in [-0.2, 0) is 0 Å². The molecule has 0 atom stereocenters. The van der Waals surface area contributed by atoms with Crippen LogP contribution in [0.15, 0.2) is 72.8 Å².